The van der Waals surface area contributed by atoms with Crippen molar-refractivity contribution in [1.82, 2.24) is 0 Å². The molecule has 0 aliphatic heterocycles. The second kappa shape index (κ2) is 7.54. The summed E-state index contributed by atoms with van der Waals surface area (Å²) in [6.45, 7) is 0. The fourth-order valence-corrected chi connectivity index (χ4v) is 4.11. The second-order valence-electron chi connectivity index (χ2n) is 5.38. The van der Waals surface area contributed by atoms with Crippen molar-refractivity contribution in [2.45, 2.75) is 43.8 Å². The highest BCUT2D eigenvalue weighted by molar-refractivity contribution is 7.85. The molecule has 0 spiro atoms. The van der Waals surface area contributed by atoms with E-state index in [1.807, 2.05) is 0 Å². The van der Waals surface area contributed by atoms with Crippen molar-refractivity contribution in [3.63, 3.8) is 0 Å². The first-order valence-corrected chi connectivity index (χ1v) is 8.66. The molecule has 6 heteroatoms. The Kier molecular flexibility index (Phi) is 5.73. The van der Waals surface area contributed by atoms with Crippen LogP contribution in [-0.2, 0) is 15.6 Å². The van der Waals surface area contributed by atoms with Crippen LogP contribution in [0.3, 0.4) is 0 Å². The number of hydrogen-bond donors (Lipinski definition) is 2. The molecule has 1 aliphatic carbocycles. The SMILES string of the molecule is Nc1cc(NC(=O)CCS(=O)C2CCCCC2)ccc1F. The van der Waals surface area contributed by atoms with Crippen molar-refractivity contribution >= 4 is 28.1 Å². The largest absolute Gasteiger partial charge is 0.396 e. The number of hydrogen-bond acceptors (Lipinski definition) is 3. The van der Waals surface area contributed by atoms with Crippen molar-refractivity contribution in [3.8, 4) is 0 Å². The Morgan fingerprint density at radius 1 is 1.33 bits per heavy atom. The van der Waals surface area contributed by atoms with Crippen LogP contribution in [0, 0.1) is 5.82 Å². The molecule has 1 aromatic carbocycles. The molecule has 0 radical (unpaired) electrons. The number of anilines is 2. The summed E-state index contributed by atoms with van der Waals surface area (Å²) in [6, 6.07) is 4.05. The molecule has 4 nitrogen and oxygen atoms in total. The first-order valence-electron chi connectivity index (χ1n) is 7.28. The maximum absolute atomic E-state index is 13.0. The summed E-state index contributed by atoms with van der Waals surface area (Å²) in [7, 11) is -0.939. The third-order valence-corrected chi connectivity index (χ3v) is 5.56. The van der Waals surface area contributed by atoms with E-state index >= 15 is 0 Å². The first kappa shape index (κ1) is 15.9. The lowest BCUT2D eigenvalue weighted by atomic mass is 10.0. The molecule has 0 heterocycles. The van der Waals surface area contributed by atoms with Gasteiger partial charge in [0.1, 0.15) is 5.82 Å². The molecule has 0 bridgehead atoms. The third-order valence-electron chi connectivity index (χ3n) is 3.73. The molecule has 116 valence electrons. The lowest BCUT2D eigenvalue weighted by Crippen LogP contribution is -2.23. The topological polar surface area (TPSA) is 72.2 Å². The smallest absolute Gasteiger partial charge is 0.225 e. The van der Waals surface area contributed by atoms with Gasteiger partial charge in [-0.15, -0.1) is 0 Å². The Morgan fingerprint density at radius 3 is 2.71 bits per heavy atom. The summed E-state index contributed by atoms with van der Waals surface area (Å²) in [6.07, 6.45) is 5.71. The molecule has 1 fully saturated rings. The standard InChI is InChI=1S/C15H21FN2O2S/c16-13-7-6-11(10-14(13)17)18-15(19)8-9-21(20)12-4-2-1-3-5-12/h6-7,10,12H,1-5,8-9,17H2,(H,18,19). The van der Waals surface area contributed by atoms with Crippen LogP contribution < -0.4 is 11.1 Å². The van der Waals surface area contributed by atoms with Crippen molar-refractivity contribution in [2.75, 3.05) is 16.8 Å². The molecule has 1 atom stereocenters. The quantitative estimate of drug-likeness (QED) is 0.821. The minimum absolute atomic E-state index is 0.00131. The van der Waals surface area contributed by atoms with Gasteiger partial charge in [-0.05, 0) is 31.0 Å². The Morgan fingerprint density at radius 2 is 2.05 bits per heavy atom. The first-order chi connectivity index (χ1) is 10.1. The van der Waals surface area contributed by atoms with Gasteiger partial charge >= 0.3 is 0 Å². The van der Waals surface area contributed by atoms with Gasteiger partial charge < -0.3 is 11.1 Å². The van der Waals surface area contributed by atoms with Gasteiger partial charge in [-0.25, -0.2) is 4.39 Å². The molecule has 1 aromatic rings. The van der Waals surface area contributed by atoms with Crippen molar-refractivity contribution < 1.29 is 13.4 Å². The number of halogens is 1. The van der Waals surface area contributed by atoms with Crippen LogP contribution in [-0.4, -0.2) is 21.1 Å². The van der Waals surface area contributed by atoms with Crippen LogP contribution in [0.25, 0.3) is 0 Å². The predicted octanol–water partition coefficient (Wildman–Crippen LogP) is 2.82. The highest BCUT2D eigenvalue weighted by Gasteiger charge is 2.20. The molecule has 0 saturated heterocycles. The van der Waals surface area contributed by atoms with E-state index < -0.39 is 16.6 Å². The lowest BCUT2D eigenvalue weighted by Gasteiger charge is -2.20. The lowest BCUT2D eigenvalue weighted by molar-refractivity contribution is -0.115. The number of carbonyl (C=O) groups excluding carboxylic acids is 1. The van der Waals surface area contributed by atoms with Crippen LogP contribution in [0.5, 0.6) is 0 Å². The number of nitrogens with two attached hydrogens (primary N) is 1. The van der Waals surface area contributed by atoms with E-state index in [2.05, 4.69) is 5.32 Å². The fraction of sp³-hybridized carbons (Fsp3) is 0.533. The zero-order valence-corrected chi connectivity index (χ0v) is 12.8. The van der Waals surface area contributed by atoms with Crippen molar-refractivity contribution in [3.05, 3.63) is 24.0 Å². The number of nitrogens with one attached hydrogen (secondary N) is 1. The molecule has 1 saturated carbocycles. The summed E-state index contributed by atoms with van der Waals surface area (Å²) in [5, 5.41) is 2.89. The Hall–Kier alpha value is -1.43. The van der Waals surface area contributed by atoms with Gasteiger partial charge in [-0.3, -0.25) is 9.00 Å². The zero-order chi connectivity index (χ0) is 15.2. The Labute approximate surface area is 126 Å². The van der Waals surface area contributed by atoms with Crippen LogP contribution in [0.4, 0.5) is 15.8 Å². The maximum Gasteiger partial charge on any atom is 0.225 e. The van der Waals surface area contributed by atoms with Crippen LogP contribution in [0.15, 0.2) is 18.2 Å². The second-order valence-corrected chi connectivity index (χ2v) is 7.22. The van der Waals surface area contributed by atoms with E-state index in [-0.39, 0.29) is 23.3 Å². The van der Waals surface area contributed by atoms with Crippen LogP contribution in [0.1, 0.15) is 38.5 Å². The molecule has 2 rings (SSSR count). The van der Waals surface area contributed by atoms with Gasteiger partial charge in [0.05, 0.1) is 5.69 Å². The summed E-state index contributed by atoms with van der Waals surface area (Å²) >= 11 is 0. The average Bonchev–Trinajstić information content (AvgIpc) is 2.49. The fourth-order valence-electron chi connectivity index (χ4n) is 2.53. The molecule has 1 amide bonds. The Bertz CT molecular complexity index is 530. The van der Waals surface area contributed by atoms with E-state index in [0.717, 1.165) is 25.7 Å². The van der Waals surface area contributed by atoms with E-state index in [0.29, 0.717) is 11.4 Å². The van der Waals surface area contributed by atoms with Gasteiger partial charge in [0.15, 0.2) is 0 Å². The van der Waals surface area contributed by atoms with Gasteiger partial charge in [0.2, 0.25) is 5.91 Å². The molecule has 21 heavy (non-hydrogen) atoms. The summed E-state index contributed by atoms with van der Waals surface area (Å²) < 4.78 is 25.1. The molecule has 3 N–H and O–H groups in total. The van der Waals surface area contributed by atoms with Gasteiger partial charge in [-0.2, -0.15) is 0 Å². The molecule has 1 unspecified atom stereocenters. The molecular formula is C15H21FN2O2S. The third kappa shape index (κ3) is 4.81. The molecule has 1 aliphatic rings. The monoisotopic (exact) mass is 312 g/mol. The predicted molar refractivity (Wildman–Crippen MR) is 83.9 cm³/mol. The number of rotatable bonds is 5. The van der Waals surface area contributed by atoms with Crippen LogP contribution in [0.2, 0.25) is 0 Å². The van der Waals surface area contributed by atoms with Gasteiger partial charge in [0, 0.05) is 33.9 Å². The molecule has 0 aromatic heterocycles. The van der Waals surface area contributed by atoms with E-state index in [9.17, 15) is 13.4 Å². The number of benzene rings is 1. The highest BCUT2D eigenvalue weighted by Crippen LogP contribution is 2.22. The van der Waals surface area contributed by atoms with Crippen molar-refractivity contribution in [1.29, 1.82) is 0 Å². The highest BCUT2D eigenvalue weighted by atomic mass is 32.2. The van der Waals surface area contributed by atoms with E-state index in [1.165, 1.54) is 24.6 Å². The Balaban J connectivity index is 1.78. The minimum Gasteiger partial charge on any atom is -0.396 e. The maximum atomic E-state index is 13.0. The zero-order valence-electron chi connectivity index (χ0n) is 11.9. The van der Waals surface area contributed by atoms with E-state index in [1.54, 1.807) is 0 Å². The summed E-state index contributed by atoms with van der Waals surface area (Å²) in [5.74, 6) is -0.343. The number of amides is 1. The average molecular weight is 312 g/mol. The summed E-state index contributed by atoms with van der Waals surface area (Å²) in [5.41, 5.74) is 5.90. The normalized spacial score (nSPS) is 17.4. The van der Waals surface area contributed by atoms with Crippen LogP contribution >= 0.6 is 0 Å². The minimum atomic E-state index is -0.939. The van der Waals surface area contributed by atoms with Crippen molar-refractivity contribution in [2.24, 2.45) is 0 Å². The van der Waals surface area contributed by atoms with E-state index in [4.69, 9.17) is 5.73 Å². The summed E-state index contributed by atoms with van der Waals surface area (Å²) in [4.78, 5) is 11.8. The molecular weight excluding hydrogens is 291 g/mol. The van der Waals surface area contributed by atoms with Gasteiger partial charge in [0.25, 0.3) is 0 Å². The van der Waals surface area contributed by atoms with Gasteiger partial charge in [-0.1, -0.05) is 19.3 Å². The number of nitrogen functional groups attached to an aromatic ring is 1. The number of carbonyl (C=O) groups is 1.